The van der Waals surface area contributed by atoms with E-state index < -0.39 is 17.5 Å². The molecule has 2 amide bonds. The monoisotopic (exact) mass is 284 g/mol. The molecule has 4 nitrogen and oxygen atoms in total. The number of hydrogen-bond donors (Lipinski definition) is 2. The van der Waals surface area contributed by atoms with Crippen LogP contribution in [0.1, 0.15) is 36.5 Å². The number of halogens is 2. The molecule has 0 aliphatic carbocycles. The predicted molar refractivity (Wildman–Crippen MR) is 71.2 cm³/mol. The zero-order chi connectivity index (χ0) is 15.0. The van der Waals surface area contributed by atoms with Crippen molar-refractivity contribution in [3.8, 4) is 0 Å². The van der Waals surface area contributed by atoms with Crippen LogP contribution in [0.3, 0.4) is 0 Å². The molecule has 1 rings (SSSR count). The average Bonchev–Trinajstić information content (AvgIpc) is 2.44. The highest BCUT2D eigenvalue weighted by atomic mass is 19.2. The molecule has 0 aliphatic heterocycles. The zero-order valence-electron chi connectivity index (χ0n) is 11.3. The van der Waals surface area contributed by atoms with Gasteiger partial charge in [-0.1, -0.05) is 19.8 Å². The molecule has 6 heteroatoms. The minimum absolute atomic E-state index is 0.0253. The molecule has 0 bridgehead atoms. The normalized spacial score (nSPS) is 10.2. The fourth-order valence-electron chi connectivity index (χ4n) is 1.57. The first-order chi connectivity index (χ1) is 9.54. The maximum absolute atomic E-state index is 12.9. The van der Waals surface area contributed by atoms with E-state index in [1.54, 1.807) is 0 Å². The highest BCUT2D eigenvalue weighted by molar-refractivity contribution is 5.96. The number of amides is 2. The molecule has 0 saturated carbocycles. The number of hydrogen-bond acceptors (Lipinski definition) is 2. The first kappa shape index (κ1) is 16.1. The van der Waals surface area contributed by atoms with Crippen molar-refractivity contribution < 1.29 is 18.4 Å². The van der Waals surface area contributed by atoms with Gasteiger partial charge in [-0.2, -0.15) is 0 Å². The van der Waals surface area contributed by atoms with Crippen molar-refractivity contribution in [3.05, 3.63) is 35.4 Å². The largest absolute Gasteiger partial charge is 0.355 e. The van der Waals surface area contributed by atoms with E-state index in [2.05, 4.69) is 17.6 Å². The summed E-state index contributed by atoms with van der Waals surface area (Å²) < 4.78 is 25.7. The average molecular weight is 284 g/mol. The van der Waals surface area contributed by atoms with Crippen LogP contribution in [0.25, 0.3) is 0 Å². The summed E-state index contributed by atoms with van der Waals surface area (Å²) in [6, 6.07) is 2.83. The van der Waals surface area contributed by atoms with Gasteiger partial charge in [0.2, 0.25) is 5.91 Å². The van der Waals surface area contributed by atoms with Gasteiger partial charge in [0.15, 0.2) is 11.6 Å². The van der Waals surface area contributed by atoms with Gasteiger partial charge < -0.3 is 10.6 Å². The molecule has 0 heterocycles. The zero-order valence-corrected chi connectivity index (χ0v) is 11.3. The summed E-state index contributed by atoms with van der Waals surface area (Å²) in [4.78, 5) is 23.0. The first-order valence-electron chi connectivity index (χ1n) is 6.54. The second-order valence-electron chi connectivity index (χ2n) is 4.37. The maximum Gasteiger partial charge on any atom is 0.251 e. The van der Waals surface area contributed by atoms with Crippen molar-refractivity contribution in [2.75, 3.05) is 13.1 Å². The van der Waals surface area contributed by atoms with Crippen LogP contribution < -0.4 is 10.6 Å². The Morgan fingerprint density at radius 1 is 1.10 bits per heavy atom. The number of benzene rings is 1. The molecule has 0 fully saturated rings. The predicted octanol–water partition coefficient (Wildman–Crippen LogP) is 2.00. The van der Waals surface area contributed by atoms with E-state index in [-0.39, 0.29) is 18.0 Å². The van der Waals surface area contributed by atoms with Crippen LogP contribution in [0.5, 0.6) is 0 Å². The van der Waals surface area contributed by atoms with Crippen molar-refractivity contribution in [1.82, 2.24) is 10.6 Å². The number of rotatable bonds is 7. The lowest BCUT2D eigenvalue weighted by Gasteiger charge is -2.07. The smallest absolute Gasteiger partial charge is 0.251 e. The Bertz CT molecular complexity index is 478. The first-order valence-corrected chi connectivity index (χ1v) is 6.54. The summed E-state index contributed by atoms with van der Waals surface area (Å²) in [6.07, 6.45) is 2.98. The summed E-state index contributed by atoms with van der Waals surface area (Å²) in [5, 5.41) is 5.00. The Balaban J connectivity index is 2.35. The Labute approximate surface area is 116 Å². The molecule has 110 valence electrons. The summed E-state index contributed by atoms with van der Waals surface area (Å²) in [5.74, 6) is -3.04. The number of nitrogens with one attached hydrogen (secondary N) is 2. The Kier molecular flexibility index (Phi) is 6.63. The van der Waals surface area contributed by atoms with Gasteiger partial charge in [0.05, 0.1) is 6.54 Å². The van der Waals surface area contributed by atoms with Crippen molar-refractivity contribution in [3.63, 3.8) is 0 Å². The summed E-state index contributed by atoms with van der Waals surface area (Å²) in [6.45, 7) is 2.43. The van der Waals surface area contributed by atoms with Gasteiger partial charge in [-0.25, -0.2) is 8.78 Å². The third kappa shape index (κ3) is 5.34. The van der Waals surface area contributed by atoms with Crippen LogP contribution >= 0.6 is 0 Å². The molecule has 2 N–H and O–H groups in total. The molecule has 0 aliphatic rings. The lowest BCUT2D eigenvalue weighted by Crippen LogP contribution is -2.37. The van der Waals surface area contributed by atoms with E-state index in [9.17, 15) is 18.4 Å². The van der Waals surface area contributed by atoms with Crippen molar-refractivity contribution in [1.29, 1.82) is 0 Å². The van der Waals surface area contributed by atoms with Gasteiger partial charge in [-0.15, -0.1) is 0 Å². The second-order valence-corrected chi connectivity index (χ2v) is 4.37. The summed E-state index contributed by atoms with van der Waals surface area (Å²) in [7, 11) is 0. The van der Waals surface area contributed by atoms with Gasteiger partial charge in [-0.05, 0) is 24.6 Å². The van der Waals surface area contributed by atoms with Gasteiger partial charge in [0, 0.05) is 12.1 Å². The molecule has 0 atom stereocenters. The lowest BCUT2D eigenvalue weighted by atomic mass is 10.2. The standard InChI is InChI=1S/C14H18F2N2O2/c1-2-3-4-7-17-13(19)9-18-14(20)10-5-6-11(15)12(16)8-10/h5-6,8H,2-4,7,9H2,1H3,(H,17,19)(H,18,20). The molecule has 0 radical (unpaired) electrons. The molecule has 1 aromatic carbocycles. The fourth-order valence-corrected chi connectivity index (χ4v) is 1.57. The molecule has 0 spiro atoms. The molecule has 1 aromatic rings. The van der Waals surface area contributed by atoms with Crippen molar-refractivity contribution >= 4 is 11.8 Å². The van der Waals surface area contributed by atoms with Crippen LogP contribution in [0.4, 0.5) is 8.78 Å². The minimum atomic E-state index is -1.10. The lowest BCUT2D eigenvalue weighted by molar-refractivity contribution is -0.120. The van der Waals surface area contributed by atoms with Crippen LogP contribution in [0, 0.1) is 11.6 Å². The highest BCUT2D eigenvalue weighted by Crippen LogP contribution is 2.08. The molecule has 0 saturated heterocycles. The maximum atomic E-state index is 12.9. The number of carbonyl (C=O) groups is 2. The minimum Gasteiger partial charge on any atom is -0.355 e. The van der Waals surface area contributed by atoms with Gasteiger partial charge in [0.25, 0.3) is 5.91 Å². The van der Waals surface area contributed by atoms with Gasteiger partial charge in [0.1, 0.15) is 0 Å². The van der Waals surface area contributed by atoms with Crippen LogP contribution in [0.15, 0.2) is 18.2 Å². The van der Waals surface area contributed by atoms with E-state index in [0.717, 1.165) is 37.5 Å². The van der Waals surface area contributed by atoms with E-state index in [1.165, 1.54) is 0 Å². The quantitative estimate of drug-likeness (QED) is 0.752. The van der Waals surface area contributed by atoms with Crippen molar-refractivity contribution in [2.45, 2.75) is 26.2 Å². The third-order valence-electron chi connectivity index (χ3n) is 2.69. The van der Waals surface area contributed by atoms with E-state index in [0.29, 0.717) is 6.54 Å². The Hall–Kier alpha value is -1.98. The van der Waals surface area contributed by atoms with E-state index in [4.69, 9.17) is 0 Å². The third-order valence-corrected chi connectivity index (χ3v) is 2.69. The summed E-state index contributed by atoms with van der Waals surface area (Å²) >= 11 is 0. The second kappa shape index (κ2) is 8.24. The molecular weight excluding hydrogens is 266 g/mol. The number of carbonyl (C=O) groups excluding carboxylic acids is 2. The fraction of sp³-hybridized carbons (Fsp3) is 0.429. The molecule has 0 unspecified atom stereocenters. The van der Waals surface area contributed by atoms with Crippen LogP contribution in [0.2, 0.25) is 0 Å². The van der Waals surface area contributed by atoms with Crippen LogP contribution in [-0.2, 0) is 4.79 Å². The molecule has 20 heavy (non-hydrogen) atoms. The Morgan fingerprint density at radius 3 is 2.50 bits per heavy atom. The van der Waals surface area contributed by atoms with Crippen LogP contribution in [-0.4, -0.2) is 24.9 Å². The summed E-state index contributed by atoms with van der Waals surface area (Å²) in [5.41, 5.74) is -0.0253. The highest BCUT2D eigenvalue weighted by Gasteiger charge is 2.10. The molecule has 0 aromatic heterocycles. The Morgan fingerprint density at radius 2 is 1.85 bits per heavy atom. The van der Waals surface area contributed by atoms with Crippen molar-refractivity contribution in [2.24, 2.45) is 0 Å². The van der Waals surface area contributed by atoms with E-state index >= 15 is 0 Å². The van der Waals surface area contributed by atoms with Gasteiger partial charge >= 0.3 is 0 Å². The van der Waals surface area contributed by atoms with E-state index in [1.807, 2.05) is 0 Å². The topological polar surface area (TPSA) is 58.2 Å². The van der Waals surface area contributed by atoms with Gasteiger partial charge in [-0.3, -0.25) is 9.59 Å². The SMILES string of the molecule is CCCCCNC(=O)CNC(=O)c1ccc(F)c(F)c1. The molecular formula is C14H18F2N2O2. The number of unbranched alkanes of at least 4 members (excludes halogenated alkanes) is 2.